The third-order valence-electron chi connectivity index (χ3n) is 5.34. The van der Waals surface area contributed by atoms with Crippen molar-refractivity contribution < 1.29 is 22.3 Å². The molecule has 0 aliphatic carbocycles. The van der Waals surface area contributed by atoms with E-state index in [2.05, 4.69) is 15.6 Å². The molecule has 2 aromatic rings. The van der Waals surface area contributed by atoms with Crippen LogP contribution in [0.1, 0.15) is 36.8 Å². The molecule has 1 saturated heterocycles. The van der Waals surface area contributed by atoms with E-state index in [9.17, 15) is 17.6 Å². The van der Waals surface area contributed by atoms with Gasteiger partial charge in [0.15, 0.2) is 9.84 Å². The molecular formula is C20H22ClFN4O4S. The van der Waals surface area contributed by atoms with Crippen molar-refractivity contribution >= 4 is 38.9 Å². The molecule has 1 aromatic heterocycles. The van der Waals surface area contributed by atoms with Crippen LogP contribution < -0.4 is 15.4 Å². The van der Waals surface area contributed by atoms with Crippen molar-refractivity contribution in [3.8, 4) is 5.75 Å². The van der Waals surface area contributed by atoms with Crippen LogP contribution in [-0.4, -0.2) is 42.8 Å². The molecule has 3 rings (SSSR count). The number of amidine groups is 1. The minimum atomic E-state index is -3.79. The molecule has 2 heterocycles. The number of hydrogen-bond acceptors (Lipinski definition) is 6. The fourth-order valence-electron chi connectivity index (χ4n) is 3.22. The highest BCUT2D eigenvalue weighted by atomic mass is 35.5. The van der Waals surface area contributed by atoms with Gasteiger partial charge in [-0.1, -0.05) is 11.6 Å². The number of hydrogen-bond donors (Lipinski definition) is 3. The van der Waals surface area contributed by atoms with Crippen molar-refractivity contribution in [2.24, 2.45) is 0 Å². The Balaban J connectivity index is 1.98. The number of aromatic nitrogens is 1. The molecule has 0 saturated carbocycles. The first-order valence-corrected chi connectivity index (χ1v) is 11.2. The van der Waals surface area contributed by atoms with Gasteiger partial charge in [-0.3, -0.25) is 10.2 Å². The van der Waals surface area contributed by atoms with E-state index in [1.165, 1.54) is 52.3 Å². The van der Waals surface area contributed by atoms with Crippen LogP contribution in [0.3, 0.4) is 0 Å². The Morgan fingerprint density at radius 2 is 2.00 bits per heavy atom. The second-order valence-corrected chi connectivity index (χ2v) is 10.9. The SMILES string of the molecule is COc1ccc(C(=O)Nc2cc(Cl)c(F)c([C@]3(C)CS(=O)(=O)C(C)(C)C(=N)N3)c2)nc1. The fourth-order valence-corrected chi connectivity index (χ4v) is 5.15. The van der Waals surface area contributed by atoms with Crippen LogP contribution in [0.2, 0.25) is 5.02 Å². The number of methoxy groups -OCH3 is 1. The van der Waals surface area contributed by atoms with Gasteiger partial charge in [0.05, 0.1) is 29.6 Å². The average molecular weight is 469 g/mol. The largest absolute Gasteiger partial charge is 0.495 e. The molecule has 1 aliphatic heterocycles. The van der Waals surface area contributed by atoms with Gasteiger partial charge in [-0.05, 0) is 45.0 Å². The number of rotatable bonds is 4. The van der Waals surface area contributed by atoms with E-state index in [-0.39, 0.29) is 27.8 Å². The van der Waals surface area contributed by atoms with Crippen LogP contribution >= 0.6 is 11.6 Å². The molecule has 166 valence electrons. The number of pyridine rings is 1. The highest BCUT2D eigenvalue weighted by Crippen LogP contribution is 2.38. The second kappa shape index (κ2) is 7.76. The number of ether oxygens (including phenoxy) is 1. The summed E-state index contributed by atoms with van der Waals surface area (Å²) in [5.74, 6) is -1.64. The summed E-state index contributed by atoms with van der Waals surface area (Å²) < 4.78 is 44.1. The van der Waals surface area contributed by atoms with Gasteiger partial charge in [-0.2, -0.15) is 0 Å². The standard InChI is InChI=1S/C20H22ClFN4O4S/c1-19(2)18(23)26-20(3,10-31(19,28)29)13-7-11(8-14(21)16(13)22)25-17(27)15-6-5-12(30-4)9-24-15/h5-9H,10H2,1-4H3,(H2,23,26)(H,25,27)/t20-/m0/s1. The molecule has 1 fully saturated rings. The number of nitrogens with one attached hydrogen (secondary N) is 3. The fraction of sp³-hybridized carbons (Fsp3) is 0.350. The Morgan fingerprint density at radius 1 is 1.32 bits per heavy atom. The topological polar surface area (TPSA) is 121 Å². The van der Waals surface area contributed by atoms with Crippen molar-refractivity contribution in [3.05, 3.63) is 52.6 Å². The van der Waals surface area contributed by atoms with Crippen molar-refractivity contribution in [2.45, 2.75) is 31.1 Å². The van der Waals surface area contributed by atoms with E-state index in [0.717, 1.165) is 0 Å². The molecule has 11 heteroatoms. The maximum Gasteiger partial charge on any atom is 0.274 e. The average Bonchev–Trinajstić information content (AvgIpc) is 2.68. The minimum absolute atomic E-state index is 0.0817. The van der Waals surface area contributed by atoms with Crippen molar-refractivity contribution in [3.63, 3.8) is 0 Å². The van der Waals surface area contributed by atoms with Gasteiger partial charge < -0.3 is 15.4 Å². The smallest absolute Gasteiger partial charge is 0.274 e. The van der Waals surface area contributed by atoms with Crippen LogP contribution in [-0.2, 0) is 15.4 Å². The molecule has 8 nitrogen and oxygen atoms in total. The Bertz CT molecular complexity index is 1170. The lowest BCUT2D eigenvalue weighted by Gasteiger charge is -2.43. The van der Waals surface area contributed by atoms with E-state index >= 15 is 0 Å². The van der Waals surface area contributed by atoms with Crippen LogP contribution in [0.25, 0.3) is 0 Å². The van der Waals surface area contributed by atoms with Gasteiger partial charge in [-0.25, -0.2) is 17.8 Å². The predicted molar refractivity (Wildman–Crippen MR) is 116 cm³/mol. The van der Waals surface area contributed by atoms with Crippen LogP contribution in [0.5, 0.6) is 5.75 Å². The first kappa shape index (κ1) is 23.0. The highest BCUT2D eigenvalue weighted by molar-refractivity contribution is 7.93. The zero-order valence-corrected chi connectivity index (χ0v) is 18.9. The maximum atomic E-state index is 15.0. The van der Waals surface area contributed by atoms with Gasteiger partial charge in [0.1, 0.15) is 27.8 Å². The van der Waals surface area contributed by atoms with Gasteiger partial charge >= 0.3 is 0 Å². The zero-order valence-electron chi connectivity index (χ0n) is 17.3. The van der Waals surface area contributed by atoms with Gasteiger partial charge in [0.2, 0.25) is 0 Å². The molecule has 0 bridgehead atoms. The van der Waals surface area contributed by atoms with E-state index in [1.807, 2.05) is 0 Å². The number of carbonyl (C=O) groups is 1. The Morgan fingerprint density at radius 3 is 2.55 bits per heavy atom. The number of benzene rings is 1. The molecule has 1 amide bonds. The third kappa shape index (κ3) is 4.09. The number of halogens is 2. The molecule has 31 heavy (non-hydrogen) atoms. The summed E-state index contributed by atoms with van der Waals surface area (Å²) in [6.45, 7) is 4.30. The summed E-state index contributed by atoms with van der Waals surface area (Å²) >= 11 is 6.04. The lowest BCUT2D eigenvalue weighted by Crippen LogP contribution is -2.64. The number of sulfone groups is 1. The predicted octanol–water partition coefficient (Wildman–Crippen LogP) is 3.12. The summed E-state index contributed by atoms with van der Waals surface area (Å²) in [6.07, 6.45) is 1.38. The summed E-state index contributed by atoms with van der Waals surface area (Å²) in [7, 11) is -2.32. The summed E-state index contributed by atoms with van der Waals surface area (Å²) in [5.41, 5.74) is -1.29. The van der Waals surface area contributed by atoms with Gasteiger partial charge in [0.25, 0.3) is 5.91 Å². The van der Waals surface area contributed by atoms with Gasteiger partial charge in [-0.15, -0.1) is 0 Å². The quantitative estimate of drug-likeness (QED) is 0.633. The number of amides is 1. The molecule has 0 spiro atoms. The Hall–Kier alpha value is -2.72. The number of carbonyl (C=O) groups excluding carboxylic acids is 1. The first-order chi connectivity index (χ1) is 14.3. The van der Waals surface area contributed by atoms with Crippen molar-refractivity contribution in [2.75, 3.05) is 18.2 Å². The molecule has 1 aliphatic rings. The molecule has 0 radical (unpaired) electrons. The molecular weight excluding hydrogens is 447 g/mol. The lowest BCUT2D eigenvalue weighted by molar-refractivity contribution is 0.102. The Kier molecular flexibility index (Phi) is 5.74. The first-order valence-electron chi connectivity index (χ1n) is 9.21. The second-order valence-electron chi connectivity index (χ2n) is 7.96. The third-order valence-corrected chi connectivity index (χ3v) is 8.34. The molecule has 1 atom stereocenters. The highest BCUT2D eigenvalue weighted by Gasteiger charge is 2.51. The van der Waals surface area contributed by atoms with E-state index < -0.39 is 37.6 Å². The molecule has 1 aromatic carbocycles. The minimum Gasteiger partial charge on any atom is -0.495 e. The Labute approximate surface area is 184 Å². The van der Waals surface area contributed by atoms with Crippen molar-refractivity contribution in [1.82, 2.24) is 10.3 Å². The van der Waals surface area contributed by atoms with Crippen LogP contribution in [0.4, 0.5) is 10.1 Å². The zero-order chi connectivity index (χ0) is 23.2. The van der Waals surface area contributed by atoms with Crippen LogP contribution in [0, 0.1) is 11.2 Å². The molecule has 3 N–H and O–H groups in total. The van der Waals surface area contributed by atoms with Gasteiger partial charge in [0, 0.05) is 11.3 Å². The van der Waals surface area contributed by atoms with E-state index in [1.54, 1.807) is 6.07 Å². The molecule has 0 unspecified atom stereocenters. The van der Waals surface area contributed by atoms with Crippen LogP contribution in [0.15, 0.2) is 30.5 Å². The van der Waals surface area contributed by atoms with E-state index in [4.69, 9.17) is 21.7 Å². The summed E-state index contributed by atoms with van der Waals surface area (Å²) in [4.78, 5) is 16.5. The monoisotopic (exact) mass is 468 g/mol. The number of anilines is 1. The normalized spacial score (nSPS) is 21.8. The number of nitrogens with zero attached hydrogens (tertiary/aromatic N) is 1. The van der Waals surface area contributed by atoms with Crippen molar-refractivity contribution in [1.29, 1.82) is 5.41 Å². The van der Waals surface area contributed by atoms with E-state index in [0.29, 0.717) is 5.75 Å². The maximum absolute atomic E-state index is 15.0. The summed E-state index contributed by atoms with van der Waals surface area (Å²) in [5, 5.41) is 13.3. The lowest BCUT2D eigenvalue weighted by atomic mass is 9.91. The summed E-state index contributed by atoms with van der Waals surface area (Å²) in [6, 6.07) is 5.55.